The number of hydrogen-bond acceptors (Lipinski definition) is 3. The molecule has 2 aliphatic rings. The van der Waals surface area contributed by atoms with Crippen LogP contribution in [0.15, 0.2) is 18.2 Å². The van der Waals surface area contributed by atoms with Gasteiger partial charge in [-0.05, 0) is 55.6 Å². The monoisotopic (exact) mass is 259 g/mol. The predicted molar refractivity (Wildman–Crippen MR) is 75.1 cm³/mol. The average Bonchev–Trinajstić information content (AvgIpc) is 3.31. The number of rotatable bonds is 6. The molecule has 0 spiro atoms. The van der Waals surface area contributed by atoms with E-state index in [1.165, 1.54) is 25.7 Å². The second-order valence-corrected chi connectivity index (χ2v) is 5.71. The molecule has 2 fully saturated rings. The molecule has 0 saturated heterocycles. The van der Waals surface area contributed by atoms with E-state index in [-0.39, 0.29) is 5.91 Å². The highest BCUT2D eigenvalue weighted by Gasteiger charge is 2.41. The maximum absolute atomic E-state index is 12.1. The third kappa shape index (κ3) is 3.06. The third-order valence-corrected chi connectivity index (χ3v) is 4.19. The van der Waals surface area contributed by atoms with Crippen molar-refractivity contribution in [1.82, 2.24) is 10.3 Å². The highest BCUT2D eigenvalue weighted by atomic mass is 16.1. The minimum atomic E-state index is -0.0524. The lowest BCUT2D eigenvalue weighted by molar-refractivity contribution is 0.0938. The Morgan fingerprint density at radius 2 is 2.00 bits per heavy atom. The normalized spacial score (nSPS) is 18.4. The van der Waals surface area contributed by atoms with Gasteiger partial charge in [-0.1, -0.05) is 6.07 Å². The van der Waals surface area contributed by atoms with Crippen LogP contribution in [0.5, 0.6) is 0 Å². The zero-order valence-corrected chi connectivity index (χ0v) is 11.4. The number of amides is 1. The van der Waals surface area contributed by atoms with Gasteiger partial charge in [0.25, 0.3) is 5.91 Å². The van der Waals surface area contributed by atoms with Crippen LogP contribution in [0.2, 0.25) is 0 Å². The summed E-state index contributed by atoms with van der Waals surface area (Å²) in [6.07, 6.45) is 5.41. The van der Waals surface area contributed by atoms with Gasteiger partial charge in [0.1, 0.15) is 11.5 Å². The predicted octanol–water partition coefficient (Wildman–Crippen LogP) is 2.29. The average molecular weight is 259 g/mol. The Labute approximate surface area is 114 Å². The third-order valence-electron chi connectivity index (χ3n) is 4.19. The Kier molecular flexibility index (Phi) is 3.40. The van der Waals surface area contributed by atoms with Crippen LogP contribution < -0.4 is 10.6 Å². The van der Waals surface area contributed by atoms with Crippen molar-refractivity contribution in [3.63, 3.8) is 0 Å². The van der Waals surface area contributed by atoms with E-state index < -0.39 is 0 Å². The number of aromatic nitrogens is 1. The van der Waals surface area contributed by atoms with E-state index in [0.717, 1.165) is 24.2 Å². The minimum Gasteiger partial charge on any atom is -0.373 e. The molecule has 19 heavy (non-hydrogen) atoms. The maximum atomic E-state index is 12.1. The number of anilines is 1. The first-order chi connectivity index (χ1) is 9.28. The number of carbonyl (C=O) groups is 1. The van der Waals surface area contributed by atoms with E-state index in [1.54, 1.807) is 13.1 Å². The molecular formula is C15H21N3O. The lowest BCUT2D eigenvalue weighted by Crippen LogP contribution is -2.31. The smallest absolute Gasteiger partial charge is 0.269 e. The van der Waals surface area contributed by atoms with E-state index in [0.29, 0.717) is 11.6 Å². The van der Waals surface area contributed by atoms with Crippen LogP contribution in [-0.2, 0) is 0 Å². The van der Waals surface area contributed by atoms with E-state index in [9.17, 15) is 4.79 Å². The first-order valence-electron chi connectivity index (χ1n) is 7.21. The maximum Gasteiger partial charge on any atom is 0.269 e. The highest BCUT2D eigenvalue weighted by molar-refractivity contribution is 5.92. The van der Waals surface area contributed by atoms with Crippen LogP contribution >= 0.6 is 0 Å². The molecule has 0 unspecified atom stereocenters. The quantitative estimate of drug-likeness (QED) is 0.824. The Bertz CT molecular complexity index is 454. The first-order valence-corrected chi connectivity index (χ1v) is 7.21. The summed E-state index contributed by atoms with van der Waals surface area (Å²) in [4.78, 5) is 16.4. The summed E-state index contributed by atoms with van der Waals surface area (Å²) in [6.45, 7) is 0.819. The van der Waals surface area contributed by atoms with Crippen molar-refractivity contribution in [2.24, 2.45) is 17.8 Å². The molecule has 0 aliphatic heterocycles. The van der Waals surface area contributed by atoms with Crippen molar-refractivity contribution in [2.75, 3.05) is 18.9 Å². The SMILES string of the molecule is CNc1cccc(C(=O)NCC(C2CC2)C2CC2)n1. The van der Waals surface area contributed by atoms with Gasteiger partial charge in [-0.15, -0.1) is 0 Å². The molecular weight excluding hydrogens is 238 g/mol. The van der Waals surface area contributed by atoms with Crippen molar-refractivity contribution in [1.29, 1.82) is 0 Å². The van der Waals surface area contributed by atoms with Crippen LogP contribution in [0.3, 0.4) is 0 Å². The number of hydrogen-bond donors (Lipinski definition) is 2. The van der Waals surface area contributed by atoms with Crippen LogP contribution in [0.1, 0.15) is 36.2 Å². The van der Waals surface area contributed by atoms with Gasteiger partial charge >= 0.3 is 0 Å². The standard InChI is InChI=1S/C15H21N3O/c1-16-14-4-2-3-13(18-14)15(19)17-9-12(10-5-6-10)11-7-8-11/h2-4,10-12H,5-9H2,1H3,(H,16,18)(H,17,19). The molecule has 0 radical (unpaired) electrons. The summed E-state index contributed by atoms with van der Waals surface area (Å²) < 4.78 is 0. The van der Waals surface area contributed by atoms with Crippen LogP contribution in [0, 0.1) is 17.8 Å². The molecule has 2 aliphatic carbocycles. The topological polar surface area (TPSA) is 54.0 Å². The lowest BCUT2D eigenvalue weighted by atomic mass is 9.98. The van der Waals surface area contributed by atoms with Crippen molar-refractivity contribution in [2.45, 2.75) is 25.7 Å². The number of nitrogens with zero attached hydrogens (tertiary/aromatic N) is 1. The van der Waals surface area contributed by atoms with Gasteiger partial charge in [-0.3, -0.25) is 4.79 Å². The van der Waals surface area contributed by atoms with E-state index in [1.807, 2.05) is 12.1 Å². The van der Waals surface area contributed by atoms with Crippen LogP contribution in [0.25, 0.3) is 0 Å². The van der Waals surface area contributed by atoms with Crippen molar-refractivity contribution >= 4 is 11.7 Å². The van der Waals surface area contributed by atoms with E-state index in [4.69, 9.17) is 0 Å². The number of carbonyl (C=O) groups excluding carboxylic acids is 1. The summed E-state index contributed by atoms with van der Waals surface area (Å²) in [6, 6.07) is 5.47. The Hall–Kier alpha value is -1.58. The molecule has 2 N–H and O–H groups in total. The zero-order valence-electron chi connectivity index (χ0n) is 11.4. The van der Waals surface area contributed by atoms with Gasteiger partial charge in [0.05, 0.1) is 0 Å². The zero-order chi connectivity index (χ0) is 13.2. The molecule has 0 aromatic carbocycles. The Morgan fingerprint density at radius 1 is 1.32 bits per heavy atom. The number of nitrogens with one attached hydrogen (secondary N) is 2. The van der Waals surface area contributed by atoms with Gasteiger partial charge < -0.3 is 10.6 Å². The Balaban J connectivity index is 1.57. The molecule has 1 aromatic heterocycles. The number of pyridine rings is 1. The van der Waals surface area contributed by atoms with Gasteiger partial charge in [0, 0.05) is 13.6 Å². The van der Waals surface area contributed by atoms with Gasteiger partial charge in [0.15, 0.2) is 0 Å². The molecule has 0 bridgehead atoms. The highest BCUT2D eigenvalue weighted by Crippen LogP contribution is 2.48. The molecule has 102 valence electrons. The summed E-state index contributed by atoms with van der Waals surface area (Å²) in [5, 5.41) is 6.02. The summed E-state index contributed by atoms with van der Waals surface area (Å²) in [7, 11) is 1.81. The molecule has 4 nitrogen and oxygen atoms in total. The molecule has 4 heteroatoms. The fraction of sp³-hybridized carbons (Fsp3) is 0.600. The van der Waals surface area contributed by atoms with Crippen molar-refractivity contribution in [3.8, 4) is 0 Å². The largest absolute Gasteiger partial charge is 0.373 e. The molecule has 2 saturated carbocycles. The molecule has 1 heterocycles. The Morgan fingerprint density at radius 3 is 2.58 bits per heavy atom. The molecule has 1 amide bonds. The van der Waals surface area contributed by atoms with Crippen molar-refractivity contribution in [3.05, 3.63) is 23.9 Å². The lowest BCUT2D eigenvalue weighted by Gasteiger charge is -2.16. The molecule has 3 rings (SSSR count). The van der Waals surface area contributed by atoms with Crippen molar-refractivity contribution < 1.29 is 4.79 Å². The van der Waals surface area contributed by atoms with Crippen LogP contribution in [-0.4, -0.2) is 24.5 Å². The van der Waals surface area contributed by atoms with Crippen LogP contribution in [0.4, 0.5) is 5.82 Å². The second-order valence-electron chi connectivity index (χ2n) is 5.71. The minimum absolute atomic E-state index is 0.0524. The summed E-state index contributed by atoms with van der Waals surface area (Å²) in [5.74, 6) is 3.11. The van der Waals surface area contributed by atoms with Gasteiger partial charge in [0.2, 0.25) is 0 Å². The first kappa shape index (κ1) is 12.5. The summed E-state index contributed by atoms with van der Waals surface area (Å²) >= 11 is 0. The molecule has 0 atom stereocenters. The van der Waals surface area contributed by atoms with E-state index >= 15 is 0 Å². The van der Waals surface area contributed by atoms with E-state index in [2.05, 4.69) is 15.6 Å². The van der Waals surface area contributed by atoms with Gasteiger partial charge in [-0.2, -0.15) is 0 Å². The fourth-order valence-electron chi connectivity index (χ4n) is 2.77. The summed E-state index contributed by atoms with van der Waals surface area (Å²) in [5.41, 5.74) is 0.497. The fourth-order valence-corrected chi connectivity index (χ4v) is 2.77. The van der Waals surface area contributed by atoms with Gasteiger partial charge in [-0.25, -0.2) is 4.98 Å². The second kappa shape index (κ2) is 5.19. The molecule has 1 aromatic rings.